The van der Waals surface area contributed by atoms with Crippen molar-refractivity contribution in [3.05, 3.63) is 17.3 Å². The molecule has 0 aromatic carbocycles. The summed E-state index contributed by atoms with van der Waals surface area (Å²) in [7, 11) is 0. The molecule has 5 nitrogen and oxygen atoms in total. The van der Waals surface area contributed by atoms with E-state index >= 15 is 0 Å². The first-order valence-corrected chi connectivity index (χ1v) is 7.57. The molecule has 0 spiro atoms. The number of thioether (sulfide) groups is 1. The van der Waals surface area contributed by atoms with E-state index in [1.807, 2.05) is 0 Å². The summed E-state index contributed by atoms with van der Waals surface area (Å²) in [6.45, 7) is 3.41. The van der Waals surface area contributed by atoms with Gasteiger partial charge in [-0.15, -0.1) is 11.3 Å². The molecule has 0 aliphatic carbocycles. The number of fused-ring (bicyclic) bond motifs is 1. The Labute approximate surface area is 118 Å². The van der Waals surface area contributed by atoms with Crippen LogP contribution < -0.4 is 5.32 Å². The molecule has 100 valence electrons. The molecule has 0 saturated carbocycles. The molecule has 0 unspecified atom stereocenters. The van der Waals surface area contributed by atoms with E-state index in [9.17, 15) is 9.59 Å². The summed E-state index contributed by atoms with van der Waals surface area (Å²) in [5, 5.41) is 3.99. The molecule has 19 heavy (non-hydrogen) atoms. The Balaban J connectivity index is 2.14. The van der Waals surface area contributed by atoms with E-state index < -0.39 is 0 Å². The normalized spacial score (nSPS) is 10.6. The Hall–Kier alpha value is -1.47. The first-order valence-electron chi connectivity index (χ1n) is 5.76. The Kier molecular flexibility index (Phi) is 4.49. The highest BCUT2D eigenvalue weighted by Gasteiger charge is 2.11. The number of hydrogen-bond acceptors (Lipinski definition) is 6. The molecule has 7 heteroatoms. The van der Waals surface area contributed by atoms with Gasteiger partial charge in [-0.05, 0) is 12.5 Å². The zero-order valence-corrected chi connectivity index (χ0v) is 12.2. The standard InChI is InChI=1S/C12H13N3O2S2/c1-3-8-4-9-11(13-6-14-12(9)19-8)18-5-10(17)15-7(2)16/h4,6H,3,5H2,1-2H3,(H,15,16,17). The van der Waals surface area contributed by atoms with E-state index in [0.717, 1.165) is 21.7 Å². The van der Waals surface area contributed by atoms with Crippen LogP contribution in [-0.2, 0) is 16.0 Å². The summed E-state index contributed by atoms with van der Waals surface area (Å²) in [5.41, 5.74) is 0. The minimum absolute atomic E-state index is 0.170. The fraction of sp³-hybridized carbons (Fsp3) is 0.333. The van der Waals surface area contributed by atoms with E-state index in [1.165, 1.54) is 29.9 Å². The fourth-order valence-corrected chi connectivity index (χ4v) is 3.31. The smallest absolute Gasteiger partial charge is 0.236 e. The van der Waals surface area contributed by atoms with E-state index in [1.54, 1.807) is 11.3 Å². The predicted molar refractivity (Wildman–Crippen MR) is 76.3 cm³/mol. The minimum Gasteiger partial charge on any atom is -0.296 e. The number of amides is 2. The van der Waals surface area contributed by atoms with Crippen molar-refractivity contribution >= 4 is 45.1 Å². The van der Waals surface area contributed by atoms with Gasteiger partial charge in [0.2, 0.25) is 11.8 Å². The van der Waals surface area contributed by atoms with Gasteiger partial charge in [0.15, 0.2) is 0 Å². The van der Waals surface area contributed by atoms with Gasteiger partial charge in [-0.2, -0.15) is 0 Å². The Morgan fingerprint density at radius 1 is 1.42 bits per heavy atom. The van der Waals surface area contributed by atoms with Crippen molar-refractivity contribution in [2.75, 3.05) is 5.75 Å². The number of hydrogen-bond donors (Lipinski definition) is 1. The molecule has 0 bridgehead atoms. The summed E-state index contributed by atoms with van der Waals surface area (Å²) in [6.07, 6.45) is 2.46. The first-order chi connectivity index (χ1) is 9.10. The summed E-state index contributed by atoms with van der Waals surface area (Å²) in [4.78, 5) is 32.8. The molecule has 0 aliphatic heterocycles. The average molecular weight is 295 g/mol. The molecule has 0 aliphatic rings. The molecule has 2 rings (SSSR count). The van der Waals surface area contributed by atoms with Crippen LogP contribution in [0.3, 0.4) is 0 Å². The maximum absolute atomic E-state index is 11.4. The number of carbonyl (C=O) groups excluding carboxylic acids is 2. The molecule has 2 heterocycles. The second kappa shape index (κ2) is 6.12. The minimum atomic E-state index is -0.345. The van der Waals surface area contributed by atoms with Crippen LogP contribution >= 0.6 is 23.1 Å². The number of imide groups is 1. The van der Waals surface area contributed by atoms with E-state index in [-0.39, 0.29) is 17.6 Å². The van der Waals surface area contributed by atoms with E-state index in [4.69, 9.17) is 0 Å². The highest BCUT2D eigenvalue weighted by Crippen LogP contribution is 2.30. The van der Waals surface area contributed by atoms with Crippen LogP contribution in [0.2, 0.25) is 0 Å². The summed E-state index contributed by atoms with van der Waals surface area (Å²) >= 11 is 2.95. The third kappa shape index (κ3) is 3.51. The average Bonchev–Trinajstić information content (AvgIpc) is 2.78. The van der Waals surface area contributed by atoms with Crippen LogP contribution in [0.1, 0.15) is 18.7 Å². The SMILES string of the molecule is CCc1cc2c(SCC(=O)NC(C)=O)ncnc2s1. The molecule has 2 aromatic rings. The lowest BCUT2D eigenvalue weighted by Crippen LogP contribution is -2.29. The van der Waals surface area contributed by atoms with Crippen LogP contribution in [-0.4, -0.2) is 27.5 Å². The number of rotatable bonds is 4. The third-order valence-electron chi connectivity index (χ3n) is 2.35. The molecule has 0 fully saturated rings. The molecule has 2 aromatic heterocycles. The Morgan fingerprint density at radius 2 is 2.21 bits per heavy atom. The second-order valence-electron chi connectivity index (χ2n) is 3.86. The van der Waals surface area contributed by atoms with Gasteiger partial charge in [0.1, 0.15) is 16.2 Å². The summed E-state index contributed by atoms with van der Waals surface area (Å²) in [5.74, 6) is -0.486. The van der Waals surface area contributed by atoms with Crippen molar-refractivity contribution in [3.63, 3.8) is 0 Å². The van der Waals surface area contributed by atoms with Crippen molar-refractivity contribution in [2.24, 2.45) is 0 Å². The zero-order chi connectivity index (χ0) is 13.8. The predicted octanol–water partition coefficient (Wildman–Crippen LogP) is 2.01. The van der Waals surface area contributed by atoms with Gasteiger partial charge < -0.3 is 0 Å². The van der Waals surface area contributed by atoms with Gasteiger partial charge in [0.25, 0.3) is 0 Å². The lowest BCUT2D eigenvalue weighted by molar-refractivity contribution is -0.127. The lowest BCUT2D eigenvalue weighted by atomic mass is 10.3. The van der Waals surface area contributed by atoms with Gasteiger partial charge in [-0.25, -0.2) is 9.97 Å². The molecule has 0 atom stereocenters. The van der Waals surface area contributed by atoms with Gasteiger partial charge in [0, 0.05) is 17.2 Å². The van der Waals surface area contributed by atoms with Crippen molar-refractivity contribution in [1.29, 1.82) is 0 Å². The number of nitrogens with one attached hydrogen (secondary N) is 1. The quantitative estimate of drug-likeness (QED) is 0.690. The summed E-state index contributed by atoms with van der Waals surface area (Å²) < 4.78 is 0. The number of nitrogens with zero attached hydrogens (tertiary/aromatic N) is 2. The van der Waals surface area contributed by atoms with Crippen LogP contribution in [0.4, 0.5) is 0 Å². The fourth-order valence-electron chi connectivity index (χ4n) is 1.54. The van der Waals surface area contributed by atoms with Gasteiger partial charge in [0.05, 0.1) is 5.75 Å². The van der Waals surface area contributed by atoms with E-state index in [0.29, 0.717) is 0 Å². The number of aryl methyl sites for hydroxylation is 1. The highest BCUT2D eigenvalue weighted by molar-refractivity contribution is 8.00. The van der Waals surface area contributed by atoms with Crippen LogP contribution in [0, 0.1) is 0 Å². The third-order valence-corrected chi connectivity index (χ3v) is 4.54. The monoisotopic (exact) mass is 295 g/mol. The number of carbonyl (C=O) groups is 2. The second-order valence-corrected chi connectivity index (χ2v) is 5.94. The number of thiophene rings is 1. The van der Waals surface area contributed by atoms with Crippen LogP contribution in [0.5, 0.6) is 0 Å². The van der Waals surface area contributed by atoms with Gasteiger partial charge in [-0.1, -0.05) is 18.7 Å². The highest BCUT2D eigenvalue weighted by atomic mass is 32.2. The van der Waals surface area contributed by atoms with E-state index in [2.05, 4.69) is 28.3 Å². The van der Waals surface area contributed by atoms with Crippen molar-refractivity contribution in [2.45, 2.75) is 25.3 Å². The van der Waals surface area contributed by atoms with Gasteiger partial charge in [-0.3, -0.25) is 14.9 Å². The maximum atomic E-state index is 11.4. The van der Waals surface area contributed by atoms with Crippen molar-refractivity contribution in [1.82, 2.24) is 15.3 Å². The molecule has 2 amide bonds. The topological polar surface area (TPSA) is 72.0 Å². The van der Waals surface area contributed by atoms with Crippen molar-refractivity contribution in [3.8, 4) is 0 Å². The molecule has 1 N–H and O–H groups in total. The summed E-state index contributed by atoms with van der Waals surface area (Å²) in [6, 6.07) is 2.06. The van der Waals surface area contributed by atoms with Gasteiger partial charge >= 0.3 is 0 Å². The zero-order valence-electron chi connectivity index (χ0n) is 10.6. The van der Waals surface area contributed by atoms with Crippen LogP contribution in [0.25, 0.3) is 10.2 Å². The van der Waals surface area contributed by atoms with Crippen LogP contribution in [0.15, 0.2) is 17.4 Å². The largest absolute Gasteiger partial charge is 0.296 e. The Bertz CT molecular complexity index is 624. The molecule has 0 radical (unpaired) electrons. The number of aromatic nitrogens is 2. The van der Waals surface area contributed by atoms with Crippen molar-refractivity contribution < 1.29 is 9.59 Å². The molecular weight excluding hydrogens is 282 g/mol. The maximum Gasteiger partial charge on any atom is 0.236 e. The first kappa shape index (κ1) is 14.0. The molecular formula is C12H13N3O2S2. The Morgan fingerprint density at radius 3 is 2.89 bits per heavy atom. The molecule has 0 saturated heterocycles. The lowest BCUT2D eigenvalue weighted by Gasteiger charge is -2.01.